The first-order valence-corrected chi connectivity index (χ1v) is 11.2. The third kappa shape index (κ3) is 4.78. The Kier molecular flexibility index (Phi) is 6.47. The number of hydrogen-bond acceptors (Lipinski definition) is 4. The van der Waals surface area contributed by atoms with Gasteiger partial charge in [-0.2, -0.15) is 0 Å². The van der Waals surface area contributed by atoms with Crippen LogP contribution in [0.25, 0.3) is 5.70 Å². The molecule has 5 nitrogen and oxygen atoms in total. The van der Waals surface area contributed by atoms with Crippen molar-refractivity contribution in [2.75, 3.05) is 20.1 Å². The molecule has 0 aromatic heterocycles. The zero-order valence-electron chi connectivity index (χ0n) is 18.9. The topological polar surface area (TPSA) is 61.6 Å². The summed E-state index contributed by atoms with van der Waals surface area (Å²) in [4.78, 5) is 16.5. The van der Waals surface area contributed by atoms with E-state index < -0.39 is 0 Å². The van der Waals surface area contributed by atoms with Gasteiger partial charge in [0.1, 0.15) is 6.17 Å². The first kappa shape index (κ1) is 21.9. The second-order valence-corrected chi connectivity index (χ2v) is 8.74. The smallest absolute Gasteiger partial charge is 0.249 e. The average molecular weight is 429 g/mol. The van der Waals surface area contributed by atoms with Crippen molar-refractivity contribution >= 4 is 11.6 Å². The molecule has 0 bridgehead atoms. The fraction of sp³-hybridized carbons (Fsp3) is 0.296. The van der Waals surface area contributed by atoms with E-state index in [1.807, 2.05) is 36.1 Å². The third-order valence-corrected chi connectivity index (χ3v) is 6.22. The van der Waals surface area contributed by atoms with Gasteiger partial charge in [0, 0.05) is 43.6 Å². The molecule has 1 saturated heterocycles. The Bertz CT molecular complexity index is 1040. The summed E-state index contributed by atoms with van der Waals surface area (Å²) in [5.74, 6) is 0.0593. The summed E-state index contributed by atoms with van der Waals surface area (Å²) in [5, 5.41) is 3.65. The molecule has 0 spiro atoms. The Balaban J connectivity index is 1.41. The highest BCUT2D eigenvalue weighted by Crippen LogP contribution is 2.30. The van der Waals surface area contributed by atoms with Gasteiger partial charge in [-0.3, -0.25) is 4.79 Å². The van der Waals surface area contributed by atoms with E-state index in [2.05, 4.69) is 66.5 Å². The number of rotatable bonds is 5. The number of allylic oxidation sites excluding steroid dienone is 7. The van der Waals surface area contributed by atoms with Crippen LogP contribution in [-0.2, 0) is 4.79 Å². The maximum atomic E-state index is 12.5. The maximum absolute atomic E-state index is 12.5. The molecule has 1 amide bonds. The second-order valence-electron chi connectivity index (χ2n) is 8.74. The highest BCUT2D eigenvalue weighted by Gasteiger charge is 2.26. The van der Waals surface area contributed by atoms with Gasteiger partial charge in [0.2, 0.25) is 5.91 Å². The van der Waals surface area contributed by atoms with Gasteiger partial charge in [-0.15, -0.1) is 0 Å². The van der Waals surface area contributed by atoms with E-state index in [4.69, 9.17) is 5.73 Å². The molecule has 0 aliphatic carbocycles. The van der Waals surface area contributed by atoms with Gasteiger partial charge in [-0.1, -0.05) is 61.2 Å². The lowest BCUT2D eigenvalue weighted by Gasteiger charge is -2.38. The van der Waals surface area contributed by atoms with E-state index in [0.29, 0.717) is 12.1 Å². The standard InChI is InChI=1S/C27H32N4O/c1-19(8-7-9-20(2)27(32)31-15-14-24(28)18-31)23-16-22-12-13-25(21-10-5-4-6-11-21)29-26(22)30(3)17-23/h4-11,13,16-17,24,26,29H,1,12,14-15,18,28H2,2-3H3/b8-7-,20-9+. The van der Waals surface area contributed by atoms with Crippen LogP contribution < -0.4 is 11.1 Å². The molecular weight excluding hydrogens is 396 g/mol. The highest BCUT2D eigenvalue weighted by atomic mass is 16.2. The van der Waals surface area contributed by atoms with Crippen molar-refractivity contribution in [2.45, 2.75) is 32.0 Å². The van der Waals surface area contributed by atoms with E-state index in [1.54, 1.807) is 0 Å². The molecule has 166 valence electrons. The fourth-order valence-electron chi connectivity index (χ4n) is 4.35. The molecule has 0 radical (unpaired) electrons. The number of nitrogens with zero attached hydrogens (tertiary/aromatic N) is 2. The van der Waals surface area contributed by atoms with Crippen molar-refractivity contribution in [1.29, 1.82) is 0 Å². The van der Waals surface area contributed by atoms with E-state index in [1.165, 1.54) is 16.8 Å². The highest BCUT2D eigenvalue weighted by molar-refractivity contribution is 5.93. The molecule has 3 N–H and O–H groups in total. The Morgan fingerprint density at radius 2 is 2.06 bits per heavy atom. The fourth-order valence-corrected chi connectivity index (χ4v) is 4.35. The lowest BCUT2D eigenvalue weighted by molar-refractivity contribution is -0.126. The number of amides is 1. The number of likely N-dealkylation sites (tertiary alicyclic amines) is 1. The summed E-state index contributed by atoms with van der Waals surface area (Å²) >= 11 is 0. The summed E-state index contributed by atoms with van der Waals surface area (Å²) in [6.07, 6.45) is 14.2. The largest absolute Gasteiger partial charge is 0.361 e. The first-order valence-electron chi connectivity index (χ1n) is 11.2. The summed E-state index contributed by atoms with van der Waals surface area (Å²) < 4.78 is 0. The lowest BCUT2D eigenvalue weighted by Crippen LogP contribution is -2.44. The second kappa shape index (κ2) is 9.45. The number of nitrogens with two attached hydrogens (primary N) is 1. The number of carbonyl (C=O) groups is 1. The molecular formula is C27H32N4O. The van der Waals surface area contributed by atoms with Crippen LogP contribution in [0, 0.1) is 0 Å². The minimum atomic E-state index is 0.0593. The Hall–Kier alpha value is -3.31. The van der Waals surface area contributed by atoms with Gasteiger partial charge in [-0.25, -0.2) is 0 Å². The first-order chi connectivity index (χ1) is 15.4. The van der Waals surface area contributed by atoms with E-state index in [0.717, 1.165) is 30.5 Å². The Morgan fingerprint density at radius 1 is 1.28 bits per heavy atom. The molecule has 5 heteroatoms. The van der Waals surface area contributed by atoms with Crippen LogP contribution in [0.15, 0.2) is 95.8 Å². The predicted octanol–water partition coefficient (Wildman–Crippen LogP) is 3.72. The van der Waals surface area contributed by atoms with Crippen LogP contribution in [-0.4, -0.2) is 48.1 Å². The minimum absolute atomic E-state index is 0.0593. The molecule has 1 aromatic rings. The minimum Gasteiger partial charge on any atom is -0.361 e. The zero-order chi connectivity index (χ0) is 22.7. The maximum Gasteiger partial charge on any atom is 0.249 e. The molecule has 3 aliphatic heterocycles. The molecule has 3 heterocycles. The van der Waals surface area contributed by atoms with Gasteiger partial charge in [0.05, 0.1) is 0 Å². The van der Waals surface area contributed by atoms with Crippen LogP contribution in [0.1, 0.15) is 25.3 Å². The molecule has 1 aromatic carbocycles. The van der Waals surface area contributed by atoms with Crippen LogP contribution >= 0.6 is 0 Å². The number of hydrogen-bond donors (Lipinski definition) is 2. The molecule has 4 rings (SSSR count). The molecule has 32 heavy (non-hydrogen) atoms. The summed E-state index contributed by atoms with van der Waals surface area (Å²) in [6, 6.07) is 10.5. The zero-order valence-corrected chi connectivity index (χ0v) is 18.9. The summed E-state index contributed by atoms with van der Waals surface area (Å²) in [5.41, 5.74) is 12.3. The van der Waals surface area contributed by atoms with Crippen molar-refractivity contribution in [3.8, 4) is 0 Å². The van der Waals surface area contributed by atoms with Crippen molar-refractivity contribution < 1.29 is 4.79 Å². The van der Waals surface area contributed by atoms with Gasteiger partial charge >= 0.3 is 0 Å². The molecule has 1 fully saturated rings. The normalized spacial score (nSPS) is 23.3. The van der Waals surface area contributed by atoms with Crippen molar-refractivity contribution in [1.82, 2.24) is 15.1 Å². The van der Waals surface area contributed by atoms with Gasteiger partial charge in [0.25, 0.3) is 0 Å². The quantitative estimate of drug-likeness (QED) is 0.554. The van der Waals surface area contributed by atoms with E-state index in [-0.39, 0.29) is 18.1 Å². The van der Waals surface area contributed by atoms with Gasteiger partial charge < -0.3 is 20.9 Å². The SMILES string of the molecule is C=C(/C=C\C=C(/C)C(=O)N1CCC(N)C1)C1=CN(C)C2NC(c3ccccc3)=CCC2=C1. The average Bonchev–Trinajstić information content (AvgIpc) is 3.25. The third-order valence-electron chi connectivity index (χ3n) is 6.22. The molecule has 2 unspecified atom stereocenters. The van der Waals surface area contributed by atoms with Crippen LogP contribution in [0.2, 0.25) is 0 Å². The van der Waals surface area contributed by atoms with Crippen LogP contribution in [0.4, 0.5) is 0 Å². The van der Waals surface area contributed by atoms with Gasteiger partial charge in [-0.05, 0) is 48.1 Å². The number of benzene rings is 1. The van der Waals surface area contributed by atoms with Crippen molar-refractivity contribution in [3.05, 3.63) is 101 Å². The molecule has 2 atom stereocenters. The van der Waals surface area contributed by atoms with Crippen molar-refractivity contribution in [3.63, 3.8) is 0 Å². The summed E-state index contributed by atoms with van der Waals surface area (Å²) in [6.45, 7) is 7.47. The van der Waals surface area contributed by atoms with E-state index in [9.17, 15) is 4.79 Å². The molecule has 0 saturated carbocycles. The number of fused-ring (bicyclic) bond motifs is 1. The Morgan fingerprint density at radius 3 is 2.78 bits per heavy atom. The number of likely N-dealkylation sites (N-methyl/N-ethyl adjacent to an activating group) is 1. The van der Waals surface area contributed by atoms with Crippen LogP contribution in [0.3, 0.4) is 0 Å². The predicted molar refractivity (Wildman–Crippen MR) is 131 cm³/mol. The lowest BCUT2D eigenvalue weighted by atomic mass is 9.93. The van der Waals surface area contributed by atoms with Crippen LogP contribution in [0.5, 0.6) is 0 Å². The monoisotopic (exact) mass is 428 g/mol. The van der Waals surface area contributed by atoms with Crippen molar-refractivity contribution in [2.24, 2.45) is 5.73 Å². The van der Waals surface area contributed by atoms with E-state index >= 15 is 0 Å². The number of carbonyl (C=O) groups excluding carboxylic acids is 1. The van der Waals surface area contributed by atoms with Gasteiger partial charge in [0.15, 0.2) is 0 Å². The molecule has 3 aliphatic rings. The number of nitrogens with one attached hydrogen (secondary N) is 1. The summed E-state index contributed by atoms with van der Waals surface area (Å²) in [7, 11) is 2.08. The Labute approximate surface area is 191 Å².